The lowest BCUT2D eigenvalue weighted by Crippen LogP contribution is -2.13. The van der Waals surface area contributed by atoms with Crippen LogP contribution in [0.15, 0.2) is 47.5 Å². The van der Waals surface area contributed by atoms with Crippen molar-refractivity contribution in [2.75, 3.05) is 0 Å². The van der Waals surface area contributed by atoms with E-state index in [-0.39, 0.29) is 17.8 Å². The Morgan fingerprint density at radius 3 is 2.57 bits per heavy atom. The van der Waals surface area contributed by atoms with Gasteiger partial charge in [-0.1, -0.05) is 29.8 Å². The van der Waals surface area contributed by atoms with Crippen LogP contribution in [0.4, 0.5) is 13.2 Å². The van der Waals surface area contributed by atoms with Crippen molar-refractivity contribution >= 4 is 23.6 Å². The number of hydrogen-bond acceptors (Lipinski definition) is 3. The summed E-state index contributed by atoms with van der Waals surface area (Å²) >= 11 is 6.29. The maximum Gasteiger partial charge on any atom is 0.416 e. The number of aliphatic imine (C=N–C) groups is 1. The molecular weight excluding hydrogens is 391 g/mol. The van der Waals surface area contributed by atoms with Crippen LogP contribution in [-0.2, 0) is 12.7 Å². The Kier molecular flexibility index (Phi) is 4.34. The second kappa shape index (κ2) is 6.60. The molecule has 0 atom stereocenters. The Morgan fingerprint density at radius 1 is 1.14 bits per heavy atom. The van der Waals surface area contributed by atoms with E-state index in [1.54, 1.807) is 35.8 Å². The Hall–Kier alpha value is -2.93. The van der Waals surface area contributed by atoms with Crippen molar-refractivity contribution in [3.05, 3.63) is 81.4 Å². The summed E-state index contributed by atoms with van der Waals surface area (Å²) in [4.78, 5) is 20.5. The number of imidazole rings is 1. The van der Waals surface area contributed by atoms with Crippen LogP contribution < -0.4 is 0 Å². The molecule has 4 nitrogen and oxygen atoms in total. The van der Waals surface area contributed by atoms with Crippen LogP contribution in [0.25, 0.3) is 5.69 Å². The Labute approximate surface area is 163 Å². The number of carbonyl (C=O) groups excluding carboxylic acids is 1. The van der Waals surface area contributed by atoms with E-state index in [9.17, 15) is 18.0 Å². The molecule has 0 N–H and O–H groups in total. The van der Waals surface area contributed by atoms with Crippen molar-refractivity contribution in [1.29, 1.82) is 0 Å². The summed E-state index contributed by atoms with van der Waals surface area (Å²) in [6.07, 6.45) is -3.87. The van der Waals surface area contributed by atoms with Crippen LogP contribution in [0.5, 0.6) is 0 Å². The normalized spacial score (nSPS) is 13.4. The molecule has 2 heterocycles. The maximum absolute atomic E-state index is 13.4. The molecule has 1 aliphatic heterocycles. The molecule has 142 valence electrons. The van der Waals surface area contributed by atoms with Gasteiger partial charge in [0, 0.05) is 16.1 Å². The summed E-state index contributed by atoms with van der Waals surface area (Å²) in [5, 5.41) is 0.371. The van der Waals surface area contributed by atoms with Gasteiger partial charge in [0.2, 0.25) is 0 Å². The molecule has 0 fully saturated rings. The average Bonchev–Trinajstić information content (AvgIpc) is 2.88. The Morgan fingerprint density at radius 2 is 1.89 bits per heavy atom. The number of nitrogens with zero attached hydrogens (tertiary/aromatic N) is 3. The minimum absolute atomic E-state index is 0.102. The van der Waals surface area contributed by atoms with Crippen LogP contribution in [-0.4, -0.2) is 21.5 Å². The van der Waals surface area contributed by atoms with E-state index in [0.29, 0.717) is 39.8 Å². The number of carbonyl (C=O) groups is 1. The molecule has 4 rings (SSSR count). The third kappa shape index (κ3) is 2.92. The molecule has 8 heteroatoms. The second-order valence-electron chi connectivity index (χ2n) is 6.33. The van der Waals surface area contributed by atoms with Crippen LogP contribution in [0.1, 0.15) is 38.7 Å². The van der Waals surface area contributed by atoms with Gasteiger partial charge in [-0.25, -0.2) is 4.98 Å². The minimum atomic E-state index is -4.52. The summed E-state index contributed by atoms with van der Waals surface area (Å²) in [5.74, 6) is 0.475. The van der Waals surface area contributed by atoms with Crippen LogP contribution >= 0.6 is 11.6 Å². The van der Waals surface area contributed by atoms with E-state index in [0.717, 1.165) is 12.1 Å². The largest absolute Gasteiger partial charge is 0.416 e. The molecular formula is C20H13ClF3N3O. The number of aryl methyl sites for hydroxylation is 1. The molecule has 0 amide bonds. The predicted molar refractivity (Wildman–Crippen MR) is 99.5 cm³/mol. The van der Waals surface area contributed by atoms with Gasteiger partial charge in [0.1, 0.15) is 11.5 Å². The summed E-state index contributed by atoms with van der Waals surface area (Å²) in [7, 11) is 0. The lowest BCUT2D eigenvalue weighted by molar-refractivity contribution is -0.137. The molecule has 0 bridgehead atoms. The molecule has 0 radical (unpaired) electrons. The number of halogens is 4. The fourth-order valence-corrected chi connectivity index (χ4v) is 3.56. The molecule has 1 aromatic heterocycles. The van der Waals surface area contributed by atoms with E-state index in [1.165, 1.54) is 6.07 Å². The molecule has 0 saturated carbocycles. The van der Waals surface area contributed by atoms with Crippen LogP contribution in [0.2, 0.25) is 5.02 Å². The van der Waals surface area contributed by atoms with Crippen molar-refractivity contribution in [2.45, 2.75) is 19.6 Å². The molecule has 0 unspecified atom stereocenters. The van der Waals surface area contributed by atoms with Crippen molar-refractivity contribution in [2.24, 2.45) is 4.99 Å². The monoisotopic (exact) mass is 403 g/mol. The molecule has 0 spiro atoms. The number of alkyl halides is 3. The zero-order valence-electron chi connectivity index (χ0n) is 14.6. The minimum Gasteiger partial charge on any atom is -0.296 e. The summed E-state index contributed by atoms with van der Waals surface area (Å²) in [5.41, 5.74) is 1.45. The van der Waals surface area contributed by atoms with Gasteiger partial charge in [0.05, 0.1) is 29.2 Å². The first-order valence-corrected chi connectivity index (χ1v) is 8.74. The van der Waals surface area contributed by atoms with Gasteiger partial charge in [0.15, 0.2) is 6.29 Å². The fraction of sp³-hybridized carbons (Fsp3) is 0.150. The third-order valence-electron chi connectivity index (χ3n) is 4.61. The first kappa shape index (κ1) is 18.4. The first-order chi connectivity index (χ1) is 13.3. The smallest absolute Gasteiger partial charge is 0.296 e. The van der Waals surface area contributed by atoms with Crippen molar-refractivity contribution in [1.82, 2.24) is 9.55 Å². The number of aromatic nitrogens is 2. The van der Waals surface area contributed by atoms with Gasteiger partial charge in [0.25, 0.3) is 0 Å². The van der Waals surface area contributed by atoms with Gasteiger partial charge < -0.3 is 0 Å². The van der Waals surface area contributed by atoms with Crippen molar-refractivity contribution in [3.8, 4) is 5.69 Å². The Balaban J connectivity index is 2.06. The second-order valence-corrected chi connectivity index (χ2v) is 6.73. The average molecular weight is 404 g/mol. The summed E-state index contributed by atoms with van der Waals surface area (Å²) < 4.78 is 41.7. The molecule has 28 heavy (non-hydrogen) atoms. The molecule has 0 saturated heterocycles. The van der Waals surface area contributed by atoms with E-state index in [4.69, 9.17) is 11.6 Å². The van der Waals surface area contributed by atoms with E-state index in [1.807, 2.05) is 0 Å². The summed E-state index contributed by atoms with van der Waals surface area (Å²) in [6, 6.07) is 10.2. The standard InChI is InChI=1S/C20H13ClF3N3O/c1-11-17(10-28)27-16-7-6-12(20(22,23)24)8-14(16)19(25-9-18(27)26-11)13-4-2-3-5-15(13)21/h2-8,10H,9H2,1H3. The van der Waals surface area contributed by atoms with Gasteiger partial charge in [-0.2, -0.15) is 13.2 Å². The van der Waals surface area contributed by atoms with Gasteiger partial charge in [-0.15, -0.1) is 0 Å². The van der Waals surface area contributed by atoms with E-state index in [2.05, 4.69) is 9.98 Å². The maximum atomic E-state index is 13.4. The van der Waals surface area contributed by atoms with Crippen LogP contribution in [0, 0.1) is 6.92 Å². The highest BCUT2D eigenvalue weighted by Crippen LogP contribution is 2.35. The number of benzene rings is 2. The topological polar surface area (TPSA) is 47.2 Å². The molecule has 2 aromatic carbocycles. The predicted octanol–water partition coefficient (Wildman–Crippen LogP) is 5.02. The Bertz CT molecular complexity index is 1130. The van der Waals surface area contributed by atoms with Crippen LogP contribution in [0.3, 0.4) is 0 Å². The van der Waals surface area contributed by atoms with Crippen molar-refractivity contribution < 1.29 is 18.0 Å². The number of fused-ring (bicyclic) bond motifs is 3. The molecule has 1 aliphatic rings. The quantitative estimate of drug-likeness (QED) is 0.564. The fourth-order valence-electron chi connectivity index (χ4n) is 3.33. The molecule has 0 aliphatic carbocycles. The number of aldehydes is 1. The molecule has 3 aromatic rings. The lowest BCUT2D eigenvalue weighted by Gasteiger charge is -2.16. The van der Waals surface area contributed by atoms with Gasteiger partial charge in [-0.05, 0) is 31.2 Å². The number of hydrogen-bond donors (Lipinski definition) is 0. The van der Waals surface area contributed by atoms with Crippen molar-refractivity contribution in [3.63, 3.8) is 0 Å². The van der Waals surface area contributed by atoms with Gasteiger partial charge >= 0.3 is 6.18 Å². The highest BCUT2D eigenvalue weighted by molar-refractivity contribution is 6.35. The zero-order valence-corrected chi connectivity index (χ0v) is 15.3. The van der Waals surface area contributed by atoms with Gasteiger partial charge in [-0.3, -0.25) is 14.4 Å². The lowest BCUT2D eigenvalue weighted by atomic mass is 9.98. The zero-order chi connectivity index (χ0) is 20.1. The first-order valence-electron chi connectivity index (χ1n) is 8.36. The SMILES string of the molecule is Cc1nc2n(c1C=O)-c1ccc(C(F)(F)F)cc1C(c1ccccc1Cl)=NC2. The number of rotatable bonds is 2. The van der Waals surface area contributed by atoms with E-state index < -0.39 is 11.7 Å². The summed E-state index contributed by atoms with van der Waals surface area (Å²) in [6.45, 7) is 1.78. The highest BCUT2D eigenvalue weighted by atomic mass is 35.5. The highest BCUT2D eigenvalue weighted by Gasteiger charge is 2.33. The van der Waals surface area contributed by atoms with E-state index >= 15 is 0 Å². The third-order valence-corrected chi connectivity index (χ3v) is 4.94.